The molecule has 0 saturated carbocycles. The van der Waals surface area contributed by atoms with Crippen molar-refractivity contribution >= 4 is 11.8 Å². The molecule has 1 aromatic heterocycles. The van der Waals surface area contributed by atoms with E-state index >= 15 is 0 Å². The van der Waals surface area contributed by atoms with Crippen molar-refractivity contribution in [2.24, 2.45) is 5.92 Å². The lowest BCUT2D eigenvalue weighted by Crippen LogP contribution is -2.42. The van der Waals surface area contributed by atoms with Gasteiger partial charge in [0.2, 0.25) is 11.8 Å². The zero-order chi connectivity index (χ0) is 22.5. The number of amides is 2. The fourth-order valence-electron chi connectivity index (χ4n) is 4.40. The minimum absolute atomic E-state index is 0.00979. The number of aromatic amines is 1. The third-order valence-electron chi connectivity index (χ3n) is 6.06. The Balaban J connectivity index is 1.44. The molecule has 2 N–H and O–H groups in total. The standard InChI is InChI=1S/C23H31N5O4/c1-3-32-19-6-4-16(5-7-19)12-21(29)28-14-18(13-20(28)22-24-15(2)26-27-22)25-23(30)17-8-10-31-11-9-17/h4-7,17-18,20H,3,8-14H2,1-2H3,(H,25,30)(H,24,26,27)/t18-,20-/m0/s1. The van der Waals surface area contributed by atoms with Crippen molar-refractivity contribution in [2.45, 2.75) is 51.6 Å². The van der Waals surface area contributed by atoms with E-state index in [1.807, 2.05) is 38.1 Å². The highest BCUT2D eigenvalue weighted by molar-refractivity contribution is 5.81. The third-order valence-corrected chi connectivity index (χ3v) is 6.06. The van der Waals surface area contributed by atoms with Gasteiger partial charge in [-0.05, 0) is 50.8 Å². The van der Waals surface area contributed by atoms with Crippen LogP contribution in [-0.4, -0.2) is 64.3 Å². The Morgan fingerprint density at radius 2 is 2.00 bits per heavy atom. The molecule has 2 fully saturated rings. The Hall–Kier alpha value is -2.94. The lowest BCUT2D eigenvalue weighted by Gasteiger charge is -2.24. The minimum Gasteiger partial charge on any atom is -0.494 e. The van der Waals surface area contributed by atoms with Crippen LogP contribution in [0.1, 0.15) is 49.4 Å². The zero-order valence-electron chi connectivity index (χ0n) is 18.7. The summed E-state index contributed by atoms with van der Waals surface area (Å²) >= 11 is 0. The lowest BCUT2D eigenvalue weighted by atomic mass is 9.99. The Labute approximate surface area is 187 Å². The number of aromatic nitrogens is 3. The minimum atomic E-state index is -0.268. The van der Waals surface area contributed by atoms with Crippen molar-refractivity contribution in [1.82, 2.24) is 25.4 Å². The molecule has 2 saturated heterocycles. The maximum Gasteiger partial charge on any atom is 0.227 e. The molecular formula is C23H31N5O4. The molecule has 2 atom stereocenters. The maximum atomic E-state index is 13.2. The average Bonchev–Trinajstić information content (AvgIpc) is 3.42. The fourth-order valence-corrected chi connectivity index (χ4v) is 4.40. The van der Waals surface area contributed by atoms with Crippen LogP contribution in [0.3, 0.4) is 0 Å². The number of carbonyl (C=O) groups excluding carboxylic acids is 2. The summed E-state index contributed by atoms with van der Waals surface area (Å²) in [5, 5.41) is 10.3. The van der Waals surface area contributed by atoms with E-state index in [0.29, 0.717) is 44.4 Å². The number of H-pyrrole nitrogens is 1. The van der Waals surface area contributed by atoms with Gasteiger partial charge in [-0.15, -0.1) is 0 Å². The van der Waals surface area contributed by atoms with Crippen molar-refractivity contribution in [3.63, 3.8) is 0 Å². The molecule has 1 aromatic carbocycles. The first-order chi connectivity index (χ1) is 15.5. The molecule has 9 nitrogen and oxygen atoms in total. The zero-order valence-corrected chi connectivity index (χ0v) is 18.7. The molecule has 2 aromatic rings. The summed E-state index contributed by atoms with van der Waals surface area (Å²) in [6.07, 6.45) is 2.35. The summed E-state index contributed by atoms with van der Waals surface area (Å²) in [6, 6.07) is 7.19. The number of nitrogens with one attached hydrogen (secondary N) is 2. The van der Waals surface area contributed by atoms with Gasteiger partial charge in [-0.2, -0.15) is 5.10 Å². The van der Waals surface area contributed by atoms with Crippen LogP contribution in [0.2, 0.25) is 0 Å². The second kappa shape index (κ2) is 10.1. The monoisotopic (exact) mass is 441 g/mol. The summed E-state index contributed by atoms with van der Waals surface area (Å²) in [4.78, 5) is 32.2. The normalized spacial score (nSPS) is 21.5. The first kappa shape index (κ1) is 22.3. The van der Waals surface area contributed by atoms with Gasteiger partial charge in [0.1, 0.15) is 11.6 Å². The van der Waals surface area contributed by atoms with Crippen LogP contribution in [-0.2, 0) is 20.7 Å². The van der Waals surface area contributed by atoms with E-state index in [0.717, 1.165) is 24.2 Å². The van der Waals surface area contributed by atoms with E-state index < -0.39 is 0 Å². The highest BCUT2D eigenvalue weighted by Gasteiger charge is 2.39. The van der Waals surface area contributed by atoms with Crippen molar-refractivity contribution in [3.8, 4) is 5.75 Å². The SMILES string of the molecule is CCOc1ccc(CC(=O)N2C[C@@H](NC(=O)C3CCOCC3)C[C@H]2c2n[nH]c(C)n2)cc1. The molecule has 0 unspecified atom stereocenters. The van der Waals surface area contributed by atoms with Crippen LogP contribution in [0.25, 0.3) is 0 Å². The molecule has 9 heteroatoms. The average molecular weight is 442 g/mol. The van der Waals surface area contributed by atoms with Crippen LogP contribution in [0.5, 0.6) is 5.75 Å². The number of ether oxygens (including phenoxy) is 2. The number of hydrogen-bond acceptors (Lipinski definition) is 6. The van der Waals surface area contributed by atoms with Crippen LogP contribution in [0.4, 0.5) is 0 Å². The predicted molar refractivity (Wildman–Crippen MR) is 117 cm³/mol. The smallest absolute Gasteiger partial charge is 0.227 e. The molecule has 32 heavy (non-hydrogen) atoms. The highest BCUT2D eigenvalue weighted by atomic mass is 16.5. The van der Waals surface area contributed by atoms with E-state index in [1.165, 1.54) is 0 Å². The molecule has 4 rings (SSSR count). The molecule has 0 bridgehead atoms. The van der Waals surface area contributed by atoms with Crippen LogP contribution < -0.4 is 10.1 Å². The second-order valence-corrected chi connectivity index (χ2v) is 8.42. The summed E-state index contributed by atoms with van der Waals surface area (Å²) < 4.78 is 10.8. The van der Waals surface area contributed by atoms with Gasteiger partial charge in [-0.3, -0.25) is 14.7 Å². The highest BCUT2D eigenvalue weighted by Crippen LogP contribution is 2.31. The van der Waals surface area contributed by atoms with Gasteiger partial charge >= 0.3 is 0 Å². The molecule has 2 amide bonds. The van der Waals surface area contributed by atoms with E-state index in [4.69, 9.17) is 9.47 Å². The Morgan fingerprint density at radius 1 is 1.25 bits per heavy atom. The number of aryl methyl sites for hydroxylation is 1. The van der Waals surface area contributed by atoms with Gasteiger partial charge in [0.15, 0.2) is 5.82 Å². The molecule has 3 heterocycles. The molecule has 2 aliphatic rings. The largest absolute Gasteiger partial charge is 0.494 e. The van der Waals surface area contributed by atoms with Gasteiger partial charge < -0.3 is 19.7 Å². The Bertz CT molecular complexity index is 923. The van der Waals surface area contributed by atoms with Crippen molar-refractivity contribution in [3.05, 3.63) is 41.5 Å². The number of nitrogens with zero attached hydrogens (tertiary/aromatic N) is 3. The van der Waals surface area contributed by atoms with Crippen molar-refractivity contribution in [2.75, 3.05) is 26.4 Å². The van der Waals surface area contributed by atoms with Gasteiger partial charge in [0.25, 0.3) is 0 Å². The second-order valence-electron chi connectivity index (χ2n) is 8.42. The van der Waals surface area contributed by atoms with Gasteiger partial charge in [0.05, 0.1) is 19.1 Å². The summed E-state index contributed by atoms with van der Waals surface area (Å²) in [5.41, 5.74) is 0.915. The topological polar surface area (TPSA) is 109 Å². The van der Waals surface area contributed by atoms with E-state index in [1.54, 1.807) is 4.90 Å². The van der Waals surface area contributed by atoms with Gasteiger partial charge in [0, 0.05) is 31.7 Å². The van der Waals surface area contributed by atoms with E-state index in [9.17, 15) is 9.59 Å². The lowest BCUT2D eigenvalue weighted by molar-refractivity contribution is -0.132. The quantitative estimate of drug-likeness (QED) is 0.680. The van der Waals surface area contributed by atoms with E-state index in [-0.39, 0.29) is 36.2 Å². The first-order valence-electron chi connectivity index (χ1n) is 11.3. The molecular weight excluding hydrogens is 410 g/mol. The first-order valence-corrected chi connectivity index (χ1v) is 11.3. The van der Waals surface area contributed by atoms with Crippen LogP contribution in [0.15, 0.2) is 24.3 Å². The van der Waals surface area contributed by atoms with Crippen molar-refractivity contribution in [1.29, 1.82) is 0 Å². The number of carbonyl (C=O) groups is 2. The van der Waals surface area contributed by atoms with Gasteiger partial charge in [-0.25, -0.2) is 4.98 Å². The van der Waals surface area contributed by atoms with Crippen LogP contribution >= 0.6 is 0 Å². The summed E-state index contributed by atoms with van der Waals surface area (Å²) in [5.74, 6) is 2.09. The van der Waals surface area contributed by atoms with Crippen LogP contribution in [0, 0.1) is 12.8 Å². The number of hydrogen-bond donors (Lipinski definition) is 2. The van der Waals surface area contributed by atoms with Gasteiger partial charge in [-0.1, -0.05) is 12.1 Å². The Kier molecular flexibility index (Phi) is 7.04. The Morgan fingerprint density at radius 3 is 2.66 bits per heavy atom. The molecule has 172 valence electrons. The summed E-state index contributed by atoms with van der Waals surface area (Å²) in [6.45, 7) is 6.06. The summed E-state index contributed by atoms with van der Waals surface area (Å²) in [7, 11) is 0. The fraction of sp³-hybridized carbons (Fsp3) is 0.565. The number of likely N-dealkylation sites (tertiary alicyclic amines) is 1. The number of rotatable bonds is 7. The third kappa shape index (κ3) is 5.27. The molecule has 0 radical (unpaired) electrons. The molecule has 0 spiro atoms. The maximum absolute atomic E-state index is 13.2. The number of benzene rings is 1. The van der Waals surface area contributed by atoms with Crippen molar-refractivity contribution < 1.29 is 19.1 Å². The van der Waals surface area contributed by atoms with E-state index in [2.05, 4.69) is 20.5 Å². The predicted octanol–water partition coefficient (Wildman–Crippen LogP) is 1.94. The molecule has 2 aliphatic heterocycles. The molecule has 0 aliphatic carbocycles.